The molecule has 1 aromatic carbocycles. The van der Waals surface area contributed by atoms with Crippen LogP contribution in [0.4, 0.5) is 5.69 Å². The highest BCUT2D eigenvalue weighted by atomic mass is 16.3. The van der Waals surface area contributed by atoms with Crippen LogP contribution in [-0.4, -0.2) is 36.0 Å². The zero-order chi connectivity index (χ0) is 11.3. The van der Waals surface area contributed by atoms with E-state index in [0.717, 1.165) is 12.2 Å². The molecule has 0 heterocycles. The molecule has 0 radical (unpaired) electrons. The second kappa shape index (κ2) is 5.73. The highest BCUT2D eigenvalue weighted by Crippen LogP contribution is 2.14. The summed E-state index contributed by atoms with van der Waals surface area (Å²) in [4.78, 5) is 2.04. The van der Waals surface area contributed by atoms with Gasteiger partial charge in [-0.1, -0.05) is 17.7 Å². The fraction of sp³-hybridized carbons (Fsp3) is 0.500. The van der Waals surface area contributed by atoms with E-state index >= 15 is 0 Å². The van der Waals surface area contributed by atoms with Crippen molar-refractivity contribution in [1.82, 2.24) is 0 Å². The van der Waals surface area contributed by atoms with Crippen molar-refractivity contribution in [3.8, 4) is 0 Å². The lowest BCUT2D eigenvalue weighted by molar-refractivity contribution is 0.100. The van der Waals surface area contributed by atoms with Gasteiger partial charge in [0.1, 0.15) is 0 Å². The first-order valence-electron chi connectivity index (χ1n) is 5.28. The lowest BCUT2D eigenvalue weighted by Crippen LogP contribution is -2.34. The fourth-order valence-corrected chi connectivity index (χ4v) is 1.48. The van der Waals surface area contributed by atoms with Crippen LogP contribution in [0.15, 0.2) is 24.3 Å². The fourth-order valence-electron chi connectivity index (χ4n) is 1.48. The van der Waals surface area contributed by atoms with Gasteiger partial charge in [0.25, 0.3) is 0 Å². The number of hydrogen-bond acceptors (Lipinski definition) is 3. The molecule has 1 atom stereocenters. The predicted octanol–water partition coefficient (Wildman–Crippen LogP) is 1.17. The molecular formula is C12H19NO2. The Morgan fingerprint density at radius 2 is 1.87 bits per heavy atom. The van der Waals surface area contributed by atoms with Gasteiger partial charge in [0, 0.05) is 18.8 Å². The number of nitrogens with zero attached hydrogens (tertiary/aromatic N) is 1. The van der Waals surface area contributed by atoms with Gasteiger partial charge in [-0.25, -0.2) is 0 Å². The SMILES string of the molecule is CCN(CC(O)CO)c1ccc(C)cc1. The van der Waals surface area contributed by atoms with E-state index in [1.807, 2.05) is 43.0 Å². The lowest BCUT2D eigenvalue weighted by atomic mass is 10.2. The molecular weight excluding hydrogens is 190 g/mol. The topological polar surface area (TPSA) is 43.7 Å². The van der Waals surface area contributed by atoms with Crippen LogP contribution in [0.25, 0.3) is 0 Å². The number of benzene rings is 1. The minimum atomic E-state index is -0.675. The summed E-state index contributed by atoms with van der Waals surface area (Å²) in [6.45, 7) is 5.17. The van der Waals surface area contributed by atoms with Crippen molar-refractivity contribution in [2.24, 2.45) is 0 Å². The Morgan fingerprint density at radius 3 is 2.33 bits per heavy atom. The van der Waals surface area contributed by atoms with Gasteiger partial charge >= 0.3 is 0 Å². The monoisotopic (exact) mass is 209 g/mol. The second-order valence-corrected chi connectivity index (χ2v) is 3.71. The van der Waals surface area contributed by atoms with Gasteiger partial charge in [-0.15, -0.1) is 0 Å². The molecule has 0 saturated carbocycles. The van der Waals surface area contributed by atoms with Crippen molar-refractivity contribution in [1.29, 1.82) is 0 Å². The molecule has 0 spiro atoms. The first-order chi connectivity index (χ1) is 7.17. The van der Waals surface area contributed by atoms with Crippen LogP contribution >= 0.6 is 0 Å². The molecule has 1 aromatic rings. The average Bonchev–Trinajstić information content (AvgIpc) is 2.27. The van der Waals surface area contributed by atoms with E-state index in [2.05, 4.69) is 0 Å². The number of rotatable bonds is 5. The second-order valence-electron chi connectivity index (χ2n) is 3.71. The maximum Gasteiger partial charge on any atom is 0.0945 e. The maximum atomic E-state index is 9.38. The molecule has 84 valence electrons. The number of aliphatic hydroxyl groups excluding tert-OH is 2. The van der Waals surface area contributed by atoms with Crippen LogP contribution in [0.2, 0.25) is 0 Å². The highest BCUT2D eigenvalue weighted by molar-refractivity contribution is 5.47. The molecule has 0 fully saturated rings. The maximum absolute atomic E-state index is 9.38. The molecule has 0 aliphatic carbocycles. The summed E-state index contributed by atoms with van der Waals surface area (Å²) in [5, 5.41) is 18.2. The third kappa shape index (κ3) is 3.53. The molecule has 3 heteroatoms. The number of aryl methyl sites for hydroxylation is 1. The minimum Gasteiger partial charge on any atom is -0.394 e. The number of hydrogen-bond donors (Lipinski definition) is 2. The molecule has 0 aliphatic heterocycles. The number of anilines is 1. The number of aliphatic hydroxyl groups is 2. The van der Waals surface area contributed by atoms with E-state index < -0.39 is 6.10 Å². The normalized spacial score (nSPS) is 12.5. The zero-order valence-corrected chi connectivity index (χ0v) is 9.35. The first kappa shape index (κ1) is 12.0. The summed E-state index contributed by atoms with van der Waals surface area (Å²) in [5.41, 5.74) is 2.30. The lowest BCUT2D eigenvalue weighted by Gasteiger charge is -2.25. The standard InChI is InChI=1S/C12H19NO2/c1-3-13(8-12(15)9-14)11-6-4-10(2)5-7-11/h4-7,12,14-15H,3,8-9H2,1-2H3. The summed E-state index contributed by atoms with van der Waals surface area (Å²) < 4.78 is 0. The summed E-state index contributed by atoms with van der Waals surface area (Å²) in [6.07, 6.45) is -0.675. The summed E-state index contributed by atoms with van der Waals surface area (Å²) in [6, 6.07) is 8.15. The van der Waals surface area contributed by atoms with Crippen molar-refractivity contribution in [3.05, 3.63) is 29.8 Å². The van der Waals surface area contributed by atoms with Crippen molar-refractivity contribution >= 4 is 5.69 Å². The van der Waals surface area contributed by atoms with E-state index in [9.17, 15) is 5.11 Å². The largest absolute Gasteiger partial charge is 0.394 e. The van der Waals surface area contributed by atoms with Gasteiger partial charge in [0.05, 0.1) is 12.7 Å². The molecule has 3 nitrogen and oxygen atoms in total. The predicted molar refractivity (Wildman–Crippen MR) is 62.2 cm³/mol. The van der Waals surface area contributed by atoms with Crippen molar-refractivity contribution < 1.29 is 10.2 Å². The Bertz CT molecular complexity index is 284. The van der Waals surface area contributed by atoms with Gasteiger partial charge in [0.2, 0.25) is 0 Å². The summed E-state index contributed by atoms with van der Waals surface area (Å²) in [7, 11) is 0. The Labute approximate surface area is 91.0 Å². The molecule has 1 unspecified atom stereocenters. The molecule has 0 aromatic heterocycles. The van der Waals surface area contributed by atoms with Gasteiger partial charge < -0.3 is 15.1 Å². The molecule has 15 heavy (non-hydrogen) atoms. The van der Waals surface area contributed by atoms with Gasteiger partial charge in [0.15, 0.2) is 0 Å². The molecule has 0 saturated heterocycles. The zero-order valence-electron chi connectivity index (χ0n) is 9.35. The first-order valence-corrected chi connectivity index (χ1v) is 5.28. The van der Waals surface area contributed by atoms with Crippen LogP contribution in [0.3, 0.4) is 0 Å². The number of likely N-dealkylation sites (N-methyl/N-ethyl adjacent to an activating group) is 1. The van der Waals surface area contributed by atoms with Crippen LogP contribution < -0.4 is 4.90 Å². The minimum absolute atomic E-state index is 0.192. The van der Waals surface area contributed by atoms with Crippen LogP contribution in [0, 0.1) is 6.92 Å². The van der Waals surface area contributed by atoms with Crippen LogP contribution in [0.1, 0.15) is 12.5 Å². The summed E-state index contributed by atoms with van der Waals surface area (Å²) in [5.74, 6) is 0. The Balaban J connectivity index is 2.69. The van der Waals surface area contributed by atoms with E-state index in [-0.39, 0.29) is 6.61 Å². The third-order valence-corrected chi connectivity index (χ3v) is 2.42. The molecule has 2 N–H and O–H groups in total. The average molecular weight is 209 g/mol. The van der Waals surface area contributed by atoms with Crippen LogP contribution in [0.5, 0.6) is 0 Å². The Hall–Kier alpha value is -1.06. The van der Waals surface area contributed by atoms with E-state index in [1.165, 1.54) is 5.56 Å². The van der Waals surface area contributed by atoms with E-state index in [0.29, 0.717) is 6.54 Å². The smallest absolute Gasteiger partial charge is 0.0945 e. The van der Waals surface area contributed by atoms with Gasteiger partial charge in [-0.3, -0.25) is 0 Å². The van der Waals surface area contributed by atoms with Crippen LogP contribution in [-0.2, 0) is 0 Å². The quantitative estimate of drug-likeness (QED) is 0.765. The summed E-state index contributed by atoms with van der Waals surface area (Å²) >= 11 is 0. The van der Waals surface area contributed by atoms with Crippen molar-refractivity contribution in [3.63, 3.8) is 0 Å². The third-order valence-electron chi connectivity index (χ3n) is 2.42. The molecule has 1 rings (SSSR count). The van der Waals surface area contributed by atoms with Gasteiger partial charge in [-0.2, -0.15) is 0 Å². The van der Waals surface area contributed by atoms with Crippen molar-refractivity contribution in [2.45, 2.75) is 20.0 Å². The van der Waals surface area contributed by atoms with Gasteiger partial charge in [-0.05, 0) is 26.0 Å². The Morgan fingerprint density at radius 1 is 1.27 bits per heavy atom. The van der Waals surface area contributed by atoms with E-state index in [4.69, 9.17) is 5.11 Å². The van der Waals surface area contributed by atoms with Crippen molar-refractivity contribution in [2.75, 3.05) is 24.6 Å². The molecule has 0 aliphatic rings. The Kier molecular flexibility index (Phi) is 4.59. The highest BCUT2D eigenvalue weighted by Gasteiger charge is 2.09. The molecule has 0 bridgehead atoms. The molecule has 0 amide bonds. The van der Waals surface area contributed by atoms with E-state index in [1.54, 1.807) is 0 Å².